The molecule has 1 amide bonds. The number of aromatic nitrogens is 1. The Bertz CT molecular complexity index is 745. The Hall–Kier alpha value is -2.89. The summed E-state index contributed by atoms with van der Waals surface area (Å²) in [6, 6.07) is 13.0. The highest BCUT2D eigenvalue weighted by Gasteiger charge is 2.63. The highest BCUT2D eigenvalue weighted by Crippen LogP contribution is 2.53. The molecule has 124 valence electrons. The van der Waals surface area contributed by atoms with Gasteiger partial charge in [-0.2, -0.15) is 0 Å². The van der Waals surface area contributed by atoms with E-state index in [1.165, 1.54) is 6.20 Å². The number of rotatable bonds is 6. The second-order valence-corrected chi connectivity index (χ2v) is 6.00. The fourth-order valence-corrected chi connectivity index (χ4v) is 2.65. The molecule has 1 aliphatic carbocycles. The van der Waals surface area contributed by atoms with Crippen LogP contribution in [0.4, 0.5) is 5.69 Å². The second-order valence-electron chi connectivity index (χ2n) is 6.00. The molecule has 1 heterocycles. The predicted octanol–water partition coefficient (Wildman–Crippen LogP) is 2.71. The zero-order chi connectivity index (χ0) is 17.2. The quantitative estimate of drug-likeness (QED) is 0.797. The van der Waals surface area contributed by atoms with Crippen molar-refractivity contribution in [2.24, 2.45) is 11.3 Å². The molecular weight excluding hydrogens is 308 g/mol. The van der Waals surface area contributed by atoms with Crippen molar-refractivity contribution in [3.05, 3.63) is 54.2 Å². The molecule has 1 aliphatic rings. The van der Waals surface area contributed by atoms with E-state index in [-0.39, 0.29) is 5.92 Å². The van der Waals surface area contributed by atoms with E-state index < -0.39 is 17.3 Å². The third kappa shape index (κ3) is 3.08. The summed E-state index contributed by atoms with van der Waals surface area (Å²) in [4.78, 5) is 27.6. The van der Waals surface area contributed by atoms with Crippen LogP contribution in [0.25, 0.3) is 0 Å². The van der Waals surface area contributed by atoms with Crippen LogP contribution in [0.2, 0.25) is 0 Å². The number of pyridine rings is 1. The minimum Gasteiger partial charge on any atom is -0.480 e. The molecule has 1 aromatic carbocycles. The fourth-order valence-electron chi connectivity index (χ4n) is 2.65. The molecule has 0 aliphatic heterocycles. The fraction of sp³-hybridized carbons (Fsp3) is 0.278. The van der Waals surface area contributed by atoms with Gasteiger partial charge in [-0.05, 0) is 24.0 Å². The van der Waals surface area contributed by atoms with E-state index >= 15 is 0 Å². The molecular formula is C18H18N2O4. The predicted molar refractivity (Wildman–Crippen MR) is 87.5 cm³/mol. The second kappa shape index (κ2) is 6.31. The van der Waals surface area contributed by atoms with Gasteiger partial charge in [0.15, 0.2) is 0 Å². The van der Waals surface area contributed by atoms with Crippen molar-refractivity contribution in [1.29, 1.82) is 0 Å². The normalized spacial score (nSPS) is 21.8. The van der Waals surface area contributed by atoms with Crippen molar-refractivity contribution < 1.29 is 19.4 Å². The number of carbonyl (C=O) groups excluding carboxylic acids is 1. The molecule has 0 radical (unpaired) electrons. The molecule has 0 bridgehead atoms. The van der Waals surface area contributed by atoms with Crippen molar-refractivity contribution >= 4 is 17.6 Å². The molecule has 1 aromatic heterocycles. The van der Waals surface area contributed by atoms with Gasteiger partial charge in [-0.3, -0.25) is 9.59 Å². The number of hydrogen-bond donors (Lipinski definition) is 2. The van der Waals surface area contributed by atoms with Crippen LogP contribution in [0.1, 0.15) is 18.9 Å². The molecule has 2 atom stereocenters. The lowest BCUT2D eigenvalue weighted by Crippen LogP contribution is -2.32. The Morgan fingerprint density at radius 2 is 2.00 bits per heavy atom. The van der Waals surface area contributed by atoms with E-state index in [2.05, 4.69) is 10.3 Å². The Morgan fingerprint density at radius 3 is 2.54 bits per heavy atom. The number of amides is 1. The van der Waals surface area contributed by atoms with Crippen molar-refractivity contribution in [2.45, 2.75) is 20.0 Å². The first kappa shape index (κ1) is 16.0. The number of anilines is 1. The van der Waals surface area contributed by atoms with Crippen molar-refractivity contribution in [2.75, 3.05) is 5.32 Å². The number of hydrogen-bond acceptors (Lipinski definition) is 4. The lowest BCUT2D eigenvalue weighted by molar-refractivity contribution is -0.148. The molecule has 3 rings (SSSR count). The van der Waals surface area contributed by atoms with Crippen molar-refractivity contribution in [1.82, 2.24) is 4.98 Å². The van der Waals surface area contributed by atoms with Crippen LogP contribution in [-0.2, 0) is 16.2 Å². The van der Waals surface area contributed by atoms with Gasteiger partial charge in [0.1, 0.15) is 12.0 Å². The lowest BCUT2D eigenvalue weighted by Gasteiger charge is -2.12. The maximum Gasteiger partial charge on any atom is 0.319 e. The van der Waals surface area contributed by atoms with Crippen LogP contribution in [-0.4, -0.2) is 22.0 Å². The van der Waals surface area contributed by atoms with E-state index in [1.807, 2.05) is 30.3 Å². The number of ether oxygens (including phenoxy) is 1. The Morgan fingerprint density at radius 1 is 1.29 bits per heavy atom. The summed E-state index contributed by atoms with van der Waals surface area (Å²) in [5.41, 5.74) is 0.178. The van der Waals surface area contributed by atoms with Crippen molar-refractivity contribution in [3.8, 4) is 5.88 Å². The van der Waals surface area contributed by atoms with E-state index in [4.69, 9.17) is 4.74 Å². The largest absolute Gasteiger partial charge is 0.480 e. The van der Waals surface area contributed by atoms with Gasteiger partial charge in [-0.25, -0.2) is 4.98 Å². The maximum absolute atomic E-state index is 12.2. The first-order valence-corrected chi connectivity index (χ1v) is 7.70. The first-order valence-electron chi connectivity index (χ1n) is 7.70. The minimum absolute atomic E-state index is 0.156. The number of carbonyl (C=O) groups is 2. The molecule has 6 nitrogen and oxygen atoms in total. The summed E-state index contributed by atoms with van der Waals surface area (Å²) in [7, 11) is 0. The Kier molecular flexibility index (Phi) is 4.20. The van der Waals surface area contributed by atoms with Gasteiger partial charge >= 0.3 is 5.97 Å². The monoisotopic (exact) mass is 326 g/mol. The highest BCUT2D eigenvalue weighted by atomic mass is 16.5. The molecule has 1 saturated carbocycles. The van der Waals surface area contributed by atoms with E-state index in [0.29, 0.717) is 24.6 Å². The first-order chi connectivity index (χ1) is 11.5. The van der Waals surface area contributed by atoms with Gasteiger partial charge in [0.2, 0.25) is 11.8 Å². The molecule has 6 heteroatoms. The summed E-state index contributed by atoms with van der Waals surface area (Å²) < 4.78 is 5.57. The van der Waals surface area contributed by atoms with Gasteiger partial charge in [-0.15, -0.1) is 0 Å². The van der Waals surface area contributed by atoms with Crippen LogP contribution < -0.4 is 10.1 Å². The number of aliphatic carboxylic acids is 1. The maximum atomic E-state index is 12.2. The molecule has 1 fully saturated rings. The zero-order valence-corrected chi connectivity index (χ0v) is 13.2. The van der Waals surface area contributed by atoms with Gasteiger partial charge in [0.25, 0.3) is 0 Å². The highest BCUT2D eigenvalue weighted by molar-refractivity contribution is 6.11. The third-order valence-electron chi connectivity index (χ3n) is 4.32. The molecule has 2 N–H and O–H groups in total. The summed E-state index contributed by atoms with van der Waals surface area (Å²) in [6.45, 7) is 2.16. The molecule has 0 saturated heterocycles. The number of carboxylic acids is 1. The van der Waals surface area contributed by atoms with Crippen LogP contribution in [0.5, 0.6) is 5.88 Å². The average molecular weight is 326 g/mol. The lowest BCUT2D eigenvalue weighted by atomic mass is 10.0. The number of nitrogens with zero attached hydrogens (tertiary/aromatic N) is 1. The summed E-state index contributed by atoms with van der Waals surface area (Å²) >= 11 is 0. The Labute approximate surface area is 139 Å². The SMILES string of the molecule is C[C@@H]1C[C@@]1(C(=O)O)C(=O)Nc1ccc(OCc2ccccc2)nc1. The van der Waals surface area contributed by atoms with E-state index in [0.717, 1.165) is 5.56 Å². The smallest absolute Gasteiger partial charge is 0.319 e. The third-order valence-corrected chi connectivity index (χ3v) is 4.32. The van der Waals surface area contributed by atoms with Gasteiger partial charge in [0, 0.05) is 6.07 Å². The number of nitrogens with one attached hydrogen (secondary N) is 1. The van der Waals surface area contributed by atoms with Gasteiger partial charge < -0.3 is 15.2 Å². The minimum atomic E-state index is -1.30. The van der Waals surface area contributed by atoms with Crippen LogP contribution in [0, 0.1) is 11.3 Å². The molecule has 24 heavy (non-hydrogen) atoms. The summed E-state index contributed by atoms with van der Waals surface area (Å²) in [5, 5.41) is 11.9. The molecule has 2 aromatic rings. The van der Waals surface area contributed by atoms with E-state index in [9.17, 15) is 14.7 Å². The molecule has 0 spiro atoms. The van der Waals surface area contributed by atoms with Crippen LogP contribution >= 0.6 is 0 Å². The van der Waals surface area contributed by atoms with Crippen LogP contribution in [0.15, 0.2) is 48.7 Å². The van der Waals surface area contributed by atoms with Gasteiger partial charge in [0.05, 0.1) is 11.9 Å². The summed E-state index contributed by atoms with van der Waals surface area (Å²) in [5.74, 6) is -1.30. The molecule has 0 unspecified atom stereocenters. The zero-order valence-electron chi connectivity index (χ0n) is 13.2. The summed E-state index contributed by atoms with van der Waals surface area (Å²) in [6.07, 6.45) is 1.82. The topological polar surface area (TPSA) is 88.5 Å². The number of benzene rings is 1. The Balaban J connectivity index is 1.59. The van der Waals surface area contributed by atoms with Crippen LogP contribution in [0.3, 0.4) is 0 Å². The number of carboxylic acid groups (broad SMARTS) is 1. The van der Waals surface area contributed by atoms with E-state index in [1.54, 1.807) is 19.1 Å². The van der Waals surface area contributed by atoms with Gasteiger partial charge in [-0.1, -0.05) is 37.3 Å². The standard InChI is InChI=1S/C18H18N2O4/c1-12-9-18(12,17(22)23)16(21)20-14-7-8-15(19-10-14)24-11-13-5-3-2-4-6-13/h2-8,10,12H,9,11H2,1H3,(H,20,21)(H,22,23)/t12-,18+/m1/s1. The van der Waals surface area contributed by atoms with Crippen molar-refractivity contribution in [3.63, 3.8) is 0 Å². The average Bonchev–Trinajstić information content (AvgIpc) is 3.28.